The van der Waals surface area contributed by atoms with Gasteiger partial charge in [0.25, 0.3) is 0 Å². The summed E-state index contributed by atoms with van der Waals surface area (Å²) < 4.78 is 10.0. The summed E-state index contributed by atoms with van der Waals surface area (Å²) in [5.41, 5.74) is 0. The van der Waals surface area contributed by atoms with Gasteiger partial charge in [-0.05, 0) is 25.7 Å². The molecule has 8 nitrogen and oxygen atoms in total. The lowest BCUT2D eigenvalue weighted by atomic mass is 10.2. The number of unbranched alkanes of at least 4 members (excludes halogenated alkanes) is 3. The van der Waals surface area contributed by atoms with Crippen LogP contribution in [0.2, 0.25) is 0 Å². The lowest BCUT2D eigenvalue weighted by Gasteiger charge is -2.08. The summed E-state index contributed by atoms with van der Waals surface area (Å²) in [6.07, 6.45) is 6.32. The largest absolute Gasteiger partial charge is 0.466 e. The van der Waals surface area contributed by atoms with Gasteiger partial charge in [-0.15, -0.1) is 0 Å². The number of esters is 2. The van der Waals surface area contributed by atoms with Crippen molar-refractivity contribution >= 4 is 23.8 Å². The van der Waals surface area contributed by atoms with Gasteiger partial charge in [-0.2, -0.15) is 0 Å². The van der Waals surface area contributed by atoms with Crippen molar-refractivity contribution in [1.82, 2.24) is 10.6 Å². The van der Waals surface area contributed by atoms with Gasteiger partial charge in [0.05, 0.1) is 13.2 Å². The Bertz CT molecular complexity index is 453. The van der Waals surface area contributed by atoms with Crippen LogP contribution >= 0.6 is 0 Å². The summed E-state index contributed by atoms with van der Waals surface area (Å²) in [5.74, 6) is -1.94. The van der Waals surface area contributed by atoms with Crippen molar-refractivity contribution in [2.75, 3.05) is 26.3 Å². The molecule has 0 aromatic heterocycles. The predicted octanol–water partition coefficient (Wildman–Crippen LogP) is 1.86. The van der Waals surface area contributed by atoms with E-state index >= 15 is 0 Å². The first kappa shape index (κ1) is 24.9. The molecule has 0 spiro atoms. The molecular weight excluding hydrogens is 352 g/mol. The van der Waals surface area contributed by atoms with Crippen molar-refractivity contribution in [2.24, 2.45) is 0 Å². The number of nitrogens with one attached hydrogen (secondary N) is 2. The third-order valence-electron chi connectivity index (χ3n) is 3.66. The first-order valence-electron chi connectivity index (χ1n) is 9.88. The minimum absolute atomic E-state index is 0.216. The van der Waals surface area contributed by atoms with Crippen molar-refractivity contribution < 1.29 is 28.7 Å². The quantitative estimate of drug-likeness (QED) is 0.252. The molecule has 0 aliphatic carbocycles. The van der Waals surface area contributed by atoms with E-state index in [9.17, 15) is 19.2 Å². The Morgan fingerprint density at radius 3 is 1.52 bits per heavy atom. The summed E-state index contributed by atoms with van der Waals surface area (Å²) in [6, 6.07) is 0. The number of carbonyl (C=O) groups excluding carboxylic acids is 4. The molecule has 0 rings (SSSR count). The van der Waals surface area contributed by atoms with E-state index in [0.29, 0.717) is 25.7 Å². The van der Waals surface area contributed by atoms with Crippen LogP contribution < -0.4 is 10.6 Å². The number of rotatable bonds is 15. The van der Waals surface area contributed by atoms with Gasteiger partial charge >= 0.3 is 23.8 Å². The molecule has 0 unspecified atom stereocenters. The minimum atomic E-state index is -0.733. The normalized spacial score (nSPS) is 10.1. The maximum Gasteiger partial charge on any atom is 0.309 e. The third kappa shape index (κ3) is 15.8. The zero-order valence-corrected chi connectivity index (χ0v) is 16.6. The van der Waals surface area contributed by atoms with Crippen molar-refractivity contribution in [2.45, 2.75) is 71.6 Å². The summed E-state index contributed by atoms with van der Waals surface area (Å²) in [6.45, 7) is 5.00. The topological polar surface area (TPSA) is 111 Å². The number of amides is 2. The molecule has 27 heavy (non-hydrogen) atoms. The number of ether oxygens (including phenoxy) is 2. The molecule has 0 heterocycles. The van der Waals surface area contributed by atoms with E-state index in [1.807, 2.05) is 6.92 Å². The minimum Gasteiger partial charge on any atom is -0.466 e. The highest BCUT2D eigenvalue weighted by Crippen LogP contribution is 2.00. The smallest absolute Gasteiger partial charge is 0.309 e. The van der Waals surface area contributed by atoms with Crippen LogP contribution in [-0.4, -0.2) is 50.1 Å². The molecule has 2 amide bonds. The van der Waals surface area contributed by atoms with Crippen LogP contribution in [-0.2, 0) is 28.7 Å². The molecule has 0 radical (unpaired) electrons. The molecule has 0 saturated heterocycles. The molecule has 0 atom stereocenters. The van der Waals surface area contributed by atoms with Gasteiger partial charge in [0.2, 0.25) is 0 Å². The molecule has 0 aromatic carbocycles. The SMILES string of the molecule is CCCCCC(=O)OCCCNC(=O)C(=O)NCCCOC(=O)CCCC. The van der Waals surface area contributed by atoms with E-state index in [-0.39, 0.29) is 38.2 Å². The van der Waals surface area contributed by atoms with Crippen molar-refractivity contribution in [1.29, 1.82) is 0 Å². The monoisotopic (exact) mass is 386 g/mol. The van der Waals surface area contributed by atoms with Crippen LogP contribution in [0.1, 0.15) is 71.6 Å². The third-order valence-corrected chi connectivity index (χ3v) is 3.66. The van der Waals surface area contributed by atoms with E-state index in [4.69, 9.17) is 9.47 Å². The molecule has 0 aliphatic rings. The van der Waals surface area contributed by atoms with Crippen molar-refractivity contribution in [3.05, 3.63) is 0 Å². The second kappa shape index (κ2) is 17.3. The summed E-state index contributed by atoms with van der Waals surface area (Å²) in [5, 5.41) is 4.92. The fraction of sp³-hybridized carbons (Fsp3) is 0.789. The molecule has 0 saturated carbocycles. The van der Waals surface area contributed by atoms with Gasteiger partial charge in [0.15, 0.2) is 0 Å². The van der Waals surface area contributed by atoms with Gasteiger partial charge in [0.1, 0.15) is 0 Å². The molecule has 8 heteroatoms. The lowest BCUT2D eigenvalue weighted by Crippen LogP contribution is -2.41. The van der Waals surface area contributed by atoms with E-state index < -0.39 is 11.8 Å². The molecule has 0 bridgehead atoms. The second-order valence-electron chi connectivity index (χ2n) is 6.22. The molecule has 0 aliphatic heterocycles. The average Bonchev–Trinajstić information content (AvgIpc) is 2.65. The second-order valence-corrected chi connectivity index (χ2v) is 6.22. The van der Waals surface area contributed by atoms with Crippen LogP contribution in [0.25, 0.3) is 0 Å². The van der Waals surface area contributed by atoms with Crippen molar-refractivity contribution in [3.8, 4) is 0 Å². The van der Waals surface area contributed by atoms with E-state index in [0.717, 1.165) is 32.1 Å². The number of hydrogen-bond donors (Lipinski definition) is 2. The molecule has 0 fully saturated rings. The number of hydrogen-bond acceptors (Lipinski definition) is 6. The maximum absolute atomic E-state index is 11.6. The lowest BCUT2D eigenvalue weighted by molar-refractivity contribution is -0.145. The average molecular weight is 386 g/mol. The standard InChI is InChI=1S/C19H34N2O6/c1-3-5-7-11-17(23)27-15-9-13-21-19(25)18(24)20-12-8-14-26-16(22)10-6-4-2/h3-15H2,1-2H3,(H,20,24)(H,21,25). The van der Waals surface area contributed by atoms with E-state index in [1.165, 1.54) is 0 Å². The molecule has 2 N–H and O–H groups in total. The summed E-state index contributed by atoms with van der Waals surface area (Å²) in [7, 11) is 0. The number of carbonyl (C=O) groups is 4. The van der Waals surface area contributed by atoms with Gasteiger partial charge in [-0.25, -0.2) is 0 Å². The van der Waals surface area contributed by atoms with Gasteiger partial charge < -0.3 is 20.1 Å². The van der Waals surface area contributed by atoms with Crippen LogP contribution in [0.5, 0.6) is 0 Å². The van der Waals surface area contributed by atoms with Gasteiger partial charge in [-0.3, -0.25) is 19.2 Å². The maximum atomic E-state index is 11.6. The van der Waals surface area contributed by atoms with Crippen LogP contribution in [0.4, 0.5) is 0 Å². The Morgan fingerprint density at radius 1 is 0.630 bits per heavy atom. The highest BCUT2D eigenvalue weighted by atomic mass is 16.5. The Balaban J connectivity index is 3.58. The van der Waals surface area contributed by atoms with Crippen LogP contribution in [0, 0.1) is 0 Å². The first-order chi connectivity index (χ1) is 13.0. The van der Waals surface area contributed by atoms with Gasteiger partial charge in [-0.1, -0.05) is 33.1 Å². The zero-order valence-electron chi connectivity index (χ0n) is 16.6. The summed E-state index contributed by atoms with van der Waals surface area (Å²) in [4.78, 5) is 45.8. The Morgan fingerprint density at radius 2 is 1.07 bits per heavy atom. The predicted molar refractivity (Wildman–Crippen MR) is 101 cm³/mol. The van der Waals surface area contributed by atoms with E-state index in [1.54, 1.807) is 0 Å². The van der Waals surface area contributed by atoms with E-state index in [2.05, 4.69) is 17.6 Å². The van der Waals surface area contributed by atoms with Crippen LogP contribution in [0.3, 0.4) is 0 Å². The summed E-state index contributed by atoms with van der Waals surface area (Å²) >= 11 is 0. The zero-order chi connectivity index (χ0) is 20.3. The Kier molecular flexibility index (Phi) is 15.9. The highest BCUT2D eigenvalue weighted by molar-refractivity contribution is 6.35. The fourth-order valence-corrected chi connectivity index (χ4v) is 2.07. The van der Waals surface area contributed by atoms with Crippen molar-refractivity contribution in [3.63, 3.8) is 0 Å². The molecule has 0 aromatic rings. The van der Waals surface area contributed by atoms with Crippen LogP contribution in [0.15, 0.2) is 0 Å². The fourth-order valence-electron chi connectivity index (χ4n) is 2.07. The Labute approximate surface area is 161 Å². The van der Waals surface area contributed by atoms with Gasteiger partial charge in [0, 0.05) is 25.9 Å². The molecule has 156 valence electrons. The molecular formula is C19H34N2O6. The first-order valence-corrected chi connectivity index (χ1v) is 9.88. The Hall–Kier alpha value is -2.12. The highest BCUT2D eigenvalue weighted by Gasteiger charge is 2.12.